The van der Waals surface area contributed by atoms with E-state index < -0.39 is 15.8 Å². The molecule has 2 aromatic rings. The van der Waals surface area contributed by atoms with Gasteiger partial charge in [-0.15, -0.1) is 0 Å². The molecule has 27 heavy (non-hydrogen) atoms. The van der Waals surface area contributed by atoms with Crippen molar-refractivity contribution in [3.63, 3.8) is 0 Å². The molecule has 0 unspecified atom stereocenters. The SMILES string of the molecule is CN1CCN(c2ccc(CCCNS(=O)(=O)c3ccc(F)cc3)cc2)CC1. The lowest BCUT2D eigenvalue weighted by molar-refractivity contribution is 0.313. The van der Waals surface area contributed by atoms with Crippen LogP contribution in [0.5, 0.6) is 0 Å². The van der Waals surface area contributed by atoms with Gasteiger partial charge in [0.2, 0.25) is 10.0 Å². The quantitative estimate of drug-likeness (QED) is 0.737. The number of nitrogens with one attached hydrogen (secondary N) is 1. The summed E-state index contributed by atoms with van der Waals surface area (Å²) in [5, 5.41) is 0. The Kier molecular flexibility index (Phi) is 6.46. The number of anilines is 1. The van der Waals surface area contributed by atoms with Gasteiger partial charge in [0.15, 0.2) is 0 Å². The number of sulfonamides is 1. The standard InChI is InChI=1S/C20H26FN3O2S/c1-23-13-15-24(16-14-23)19-8-4-17(5-9-19)3-2-12-22-27(25,26)20-10-6-18(21)7-11-20/h4-11,22H,2-3,12-16H2,1H3. The monoisotopic (exact) mass is 391 g/mol. The van der Waals surface area contributed by atoms with Crippen LogP contribution in [0.15, 0.2) is 53.4 Å². The molecule has 1 aliphatic heterocycles. The van der Waals surface area contributed by atoms with Crippen LogP contribution >= 0.6 is 0 Å². The summed E-state index contributed by atoms with van der Waals surface area (Å²) in [5.41, 5.74) is 2.43. The van der Waals surface area contributed by atoms with E-state index in [1.165, 1.54) is 23.4 Å². The highest BCUT2D eigenvalue weighted by Crippen LogP contribution is 2.18. The van der Waals surface area contributed by atoms with E-state index >= 15 is 0 Å². The summed E-state index contributed by atoms with van der Waals surface area (Å²) in [7, 11) is -1.44. The van der Waals surface area contributed by atoms with Gasteiger partial charge < -0.3 is 9.80 Å². The van der Waals surface area contributed by atoms with Crippen molar-refractivity contribution in [2.45, 2.75) is 17.7 Å². The lowest BCUT2D eigenvalue weighted by atomic mass is 10.1. The molecule has 0 spiro atoms. The molecule has 146 valence electrons. The first-order chi connectivity index (χ1) is 12.9. The maximum atomic E-state index is 12.9. The maximum Gasteiger partial charge on any atom is 0.240 e. The Morgan fingerprint density at radius 3 is 2.22 bits per heavy atom. The number of halogens is 1. The van der Waals surface area contributed by atoms with Gasteiger partial charge in [-0.05, 0) is 61.9 Å². The lowest BCUT2D eigenvalue weighted by Crippen LogP contribution is -2.44. The molecule has 0 radical (unpaired) electrons. The fourth-order valence-electron chi connectivity index (χ4n) is 3.13. The summed E-state index contributed by atoms with van der Waals surface area (Å²) in [4.78, 5) is 4.80. The van der Waals surface area contributed by atoms with E-state index in [1.807, 2.05) is 0 Å². The fourth-order valence-corrected chi connectivity index (χ4v) is 4.21. The normalized spacial score (nSPS) is 15.9. The Labute approximate surface area is 160 Å². The van der Waals surface area contributed by atoms with Gasteiger partial charge in [0.05, 0.1) is 4.90 Å². The molecule has 1 saturated heterocycles. The molecule has 3 rings (SSSR count). The first-order valence-electron chi connectivity index (χ1n) is 9.22. The Bertz CT molecular complexity index is 831. The first kappa shape index (κ1) is 19.8. The molecule has 7 heteroatoms. The molecule has 5 nitrogen and oxygen atoms in total. The van der Waals surface area contributed by atoms with Crippen LogP contribution in [0.4, 0.5) is 10.1 Å². The van der Waals surface area contributed by atoms with Gasteiger partial charge in [0.25, 0.3) is 0 Å². The Hall–Kier alpha value is -1.96. The van der Waals surface area contributed by atoms with Gasteiger partial charge in [-0.1, -0.05) is 12.1 Å². The summed E-state index contributed by atoms with van der Waals surface area (Å²) in [6.07, 6.45) is 1.50. The van der Waals surface area contributed by atoms with Crippen molar-refractivity contribution in [1.29, 1.82) is 0 Å². The molecule has 0 bridgehead atoms. The third-order valence-corrected chi connectivity index (χ3v) is 6.34. The maximum absolute atomic E-state index is 12.9. The summed E-state index contributed by atoms with van der Waals surface area (Å²) in [6.45, 7) is 4.59. The van der Waals surface area contributed by atoms with E-state index in [0.717, 1.165) is 44.7 Å². The van der Waals surface area contributed by atoms with Gasteiger partial charge in [-0.2, -0.15) is 0 Å². The lowest BCUT2D eigenvalue weighted by Gasteiger charge is -2.34. The Balaban J connectivity index is 1.45. The molecule has 0 amide bonds. The minimum atomic E-state index is -3.58. The molecular formula is C20H26FN3O2S. The molecule has 1 N–H and O–H groups in total. The minimum absolute atomic E-state index is 0.0837. The minimum Gasteiger partial charge on any atom is -0.369 e. The van der Waals surface area contributed by atoms with E-state index in [4.69, 9.17) is 0 Å². The smallest absolute Gasteiger partial charge is 0.240 e. The van der Waals surface area contributed by atoms with Crippen molar-refractivity contribution in [2.24, 2.45) is 0 Å². The molecule has 1 fully saturated rings. The largest absolute Gasteiger partial charge is 0.369 e. The zero-order valence-corrected chi connectivity index (χ0v) is 16.4. The first-order valence-corrected chi connectivity index (χ1v) is 10.7. The summed E-state index contributed by atoms with van der Waals surface area (Å²) in [6, 6.07) is 13.4. The molecule has 0 atom stereocenters. The predicted octanol–water partition coefficient (Wildman–Crippen LogP) is 2.49. The van der Waals surface area contributed by atoms with Crippen LogP contribution in [0.1, 0.15) is 12.0 Å². The molecule has 2 aromatic carbocycles. The van der Waals surface area contributed by atoms with Crippen molar-refractivity contribution < 1.29 is 12.8 Å². The third kappa shape index (κ3) is 5.51. The van der Waals surface area contributed by atoms with E-state index in [-0.39, 0.29) is 4.90 Å². The van der Waals surface area contributed by atoms with Crippen LogP contribution in [0.25, 0.3) is 0 Å². The van der Waals surface area contributed by atoms with Crippen molar-refractivity contribution >= 4 is 15.7 Å². The highest BCUT2D eigenvalue weighted by molar-refractivity contribution is 7.89. The highest BCUT2D eigenvalue weighted by atomic mass is 32.2. The van der Waals surface area contributed by atoms with Gasteiger partial charge in [-0.3, -0.25) is 0 Å². The second kappa shape index (κ2) is 8.82. The summed E-state index contributed by atoms with van der Waals surface area (Å²) in [5.74, 6) is -0.450. The Morgan fingerprint density at radius 1 is 0.963 bits per heavy atom. The highest BCUT2D eigenvalue weighted by Gasteiger charge is 2.14. The van der Waals surface area contributed by atoms with E-state index in [1.54, 1.807) is 0 Å². The summed E-state index contributed by atoms with van der Waals surface area (Å²) < 4.78 is 39.8. The van der Waals surface area contributed by atoms with Crippen LogP contribution in [0.3, 0.4) is 0 Å². The van der Waals surface area contributed by atoms with Crippen LogP contribution in [0, 0.1) is 5.82 Å². The third-order valence-electron chi connectivity index (χ3n) is 4.86. The van der Waals surface area contributed by atoms with Gasteiger partial charge in [-0.25, -0.2) is 17.5 Å². The number of rotatable bonds is 7. The number of likely N-dealkylation sites (N-methyl/N-ethyl adjacent to an activating group) is 1. The average molecular weight is 392 g/mol. The fraction of sp³-hybridized carbons (Fsp3) is 0.400. The van der Waals surface area contributed by atoms with Crippen molar-refractivity contribution in [2.75, 3.05) is 44.7 Å². The molecule has 0 aromatic heterocycles. The second-order valence-electron chi connectivity index (χ2n) is 6.91. The molecule has 1 aliphatic rings. The topological polar surface area (TPSA) is 52.6 Å². The number of hydrogen-bond acceptors (Lipinski definition) is 4. The number of piperazine rings is 1. The zero-order chi connectivity index (χ0) is 19.3. The van der Waals surface area contributed by atoms with E-state index in [9.17, 15) is 12.8 Å². The Morgan fingerprint density at radius 2 is 1.59 bits per heavy atom. The van der Waals surface area contributed by atoms with Crippen molar-refractivity contribution in [3.8, 4) is 0 Å². The zero-order valence-electron chi connectivity index (χ0n) is 15.6. The van der Waals surface area contributed by atoms with Gasteiger partial charge in [0.1, 0.15) is 5.82 Å². The van der Waals surface area contributed by atoms with Crippen LogP contribution in [-0.2, 0) is 16.4 Å². The van der Waals surface area contributed by atoms with Crippen molar-refractivity contribution in [3.05, 3.63) is 59.9 Å². The molecule has 0 saturated carbocycles. The molecule has 1 heterocycles. The number of aryl methyl sites for hydroxylation is 1. The molecule has 0 aliphatic carbocycles. The van der Waals surface area contributed by atoms with Gasteiger partial charge in [0, 0.05) is 38.4 Å². The van der Waals surface area contributed by atoms with Crippen LogP contribution in [-0.4, -0.2) is 53.1 Å². The summed E-state index contributed by atoms with van der Waals surface area (Å²) >= 11 is 0. The van der Waals surface area contributed by atoms with E-state index in [0.29, 0.717) is 13.0 Å². The van der Waals surface area contributed by atoms with E-state index in [2.05, 4.69) is 45.8 Å². The molecular weight excluding hydrogens is 365 g/mol. The average Bonchev–Trinajstić information content (AvgIpc) is 2.67. The number of nitrogens with zero attached hydrogens (tertiary/aromatic N) is 2. The number of hydrogen-bond donors (Lipinski definition) is 1. The van der Waals surface area contributed by atoms with Crippen LogP contribution < -0.4 is 9.62 Å². The second-order valence-corrected chi connectivity index (χ2v) is 8.68. The van der Waals surface area contributed by atoms with Crippen LogP contribution in [0.2, 0.25) is 0 Å². The predicted molar refractivity (Wildman–Crippen MR) is 106 cm³/mol. The van der Waals surface area contributed by atoms with Gasteiger partial charge >= 0.3 is 0 Å². The number of benzene rings is 2. The van der Waals surface area contributed by atoms with Crippen molar-refractivity contribution in [1.82, 2.24) is 9.62 Å².